The highest BCUT2D eigenvalue weighted by molar-refractivity contribution is 5.77. The van der Waals surface area contributed by atoms with Crippen molar-refractivity contribution in [3.05, 3.63) is 71.0 Å². The quantitative estimate of drug-likeness (QED) is 0.765. The Bertz CT molecular complexity index is 760. The maximum Gasteiger partial charge on any atom is 0.224 e. The van der Waals surface area contributed by atoms with E-state index in [1.807, 2.05) is 12.1 Å². The van der Waals surface area contributed by atoms with Gasteiger partial charge in [-0.1, -0.05) is 42.3 Å². The first-order valence-corrected chi connectivity index (χ1v) is 8.21. The molecule has 0 fully saturated rings. The Morgan fingerprint density at radius 2 is 1.96 bits per heavy atom. The van der Waals surface area contributed by atoms with Gasteiger partial charge in [-0.15, -0.1) is 6.42 Å². The predicted molar refractivity (Wildman–Crippen MR) is 92.8 cm³/mol. The van der Waals surface area contributed by atoms with E-state index >= 15 is 0 Å². The van der Waals surface area contributed by atoms with E-state index in [0.717, 1.165) is 18.4 Å². The molecule has 0 bridgehead atoms. The summed E-state index contributed by atoms with van der Waals surface area (Å²) >= 11 is 0. The number of carbonyl (C=O) groups excluding carboxylic acids is 1. The zero-order valence-corrected chi connectivity index (χ0v) is 13.5. The molecule has 2 nitrogen and oxygen atoms in total. The Labute approximate surface area is 142 Å². The first kappa shape index (κ1) is 16.3. The number of halogens is 1. The second kappa shape index (κ2) is 7.31. The van der Waals surface area contributed by atoms with Crippen molar-refractivity contribution in [2.24, 2.45) is 0 Å². The Morgan fingerprint density at radius 1 is 1.21 bits per heavy atom. The molecule has 1 aliphatic rings. The summed E-state index contributed by atoms with van der Waals surface area (Å²) in [7, 11) is 0. The van der Waals surface area contributed by atoms with Crippen LogP contribution in [0.4, 0.5) is 4.39 Å². The molecule has 0 N–H and O–H groups in total. The van der Waals surface area contributed by atoms with Crippen molar-refractivity contribution in [3.8, 4) is 12.3 Å². The maximum absolute atomic E-state index is 13.0. The molecule has 2 aromatic carbocycles. The lowest BCUT2D eigenvalue weighted by atomic mass is 9.97. The minimum Gasteiger partial charge on any atom is -0.327 e. The third-order valence-corrected chi connectivity index (χ3v) is 4.60. The summed E-state index contributed by atoms with van der Waals surface area (Å²) in [4.78, 5) is 14.4. The second-order valence-corrected chi connectivity index (χ2v) is 6.22. The topological polar surface area (TPSA) is 20.3 Å². The number of carbonyl (C=O) groups is 1. The van der Waals surface area contributed by atoms with Gasteiger partial charge in [-0.2, -0.15) is 0 Å². The van der Waals surface area contributed by atoms with Crippen molar-refractivity contribution >= 4 is 5.91 Å². The van der Waals surface area contributed by atoms with Crippen LogP contribution in [0.2, 0.25) is 0 Å². The molecule has 0 saturated heterocycles. The molecule has 0 aliphatic heterocycles. The molecule has 0 aromatic heterocycles. The minimum absolute atomic E-state index is 0.0546. The molecule has 0 saturated carbocycles. The van der Waals surface area contributed by atoms with Crippen molar-refractivity contribution in [2.75, 3.05) is 6.54 Å². The number of hydrogen-bond acceptors (Lipinski definition) is 1. The van der Waals surface area contributed by atoms with Crippen LogP contribution in [0.25, 0.3) is 0 Å². The largest absolute Gasteiger partial charge is 0.327 e. The fourth-order valence-electron chi connectivity index (χ4n) is 3.35. The van der Waals surface area contributed by atoms with E-state index in [1.165, 1.54) is 23.3 Å². The average Bonchev–Trinajstić information content (AvgIpc) is 2.99. The lowest BCUT2D eigenvalue weighted by molar-refractivity contribution is -0.131. The Kier molecular flexibility index (Phi) is 4.96. The van der Waals surface area contributed by atoms with E-state index in [9.17, 15) is 9.18 Å². The van der Waals surface area contributed by atoms with Gasteiger partial charge in [-0.25, -0.2) is 4.39 Å². The van der Waals surface area contributed by atoms with Crippen LogP contribution in [0.15, 0.2) is 48.5 Å². The van der Waals surface area contributed by atoms with Gasteiger partial charge < -0.3 is 4.90 Å². The number of fused-ring (bicyclic) bond motifs is 1. The van der Waals surface area contributed by atoms with E-state index in [0.29, 0.717) is 13.0 Å². The summed E-state index contributed by atoms with van der Waals surface area (Å²) in [5.41, 5.74) is 3.51. The van der Waals surface area contributed by atoms with Crippen molar-refractivity contribution < 1.29 is 9.18 Å². The maximum atomic E-state index is 13.0. The fourth-order valence-corrected chi connectivity index (χ4v) is 3.35. The highest BCUT2D eigenvalue weighted by Crippen LogP contribution is 2.35. The number of terminal acetylenes is 1. The summed E-state index contributed by atoms with van der Waals surface area (Å²) in [5.74, 6) is 2.59. The monoisotopic (exact) mass is 321 g/mol. The zero-order chi connectivity index (χ0) is 16.9. The number of rotatable bonds is 5. The van der Waals surface area contributed by atoms with Crippen LogP contribution in [0.5, 0.6) is 0 Å². The van der Waals surface area contributed by atoms with Crippen LogP contribution in [0.1, 0.15) is 35.4 Å². The smallest absolute Gasteiger partial charge is 0.224 e. The van der Waals surface area contributed by atoms with Crippen LogP contribution in [0.3, 0.4) is 0 Å². The molecular weight excluding hydrogens is 301 g/mol. The molecule has 2 aromatic rings. The van der Waals surface area contributed by atoms with Gasteiger partial charge in [0.15, 0.2) is 0 Å². The number of hydrogen-bond donors (Lipinski definition) is 0. The highest BCUT2D eigenvalue weighted by atomic mass is 19.1. The third kappa shape index (κ3) is 3.65. The van der Waals surface area contributed by atoms with Crippen molar-refractivity contribution in [2.45, 2.75) is 31.7 Å². The zero-order valence-electron chi connectivity index (χ0n) is 13.5. The Balaban J connectivity index is 1.69. The molecule has 1 unspecified atom stereocenters. The molecule has 1 aliphatic carbocycles. The minimum atomic E-state index is -0.281. The SMILES string of the molecule is C#CCN(Cc1ccc(F)cc1)C(=O)CC1CCc2ccccc21. The van der Waals surface area contributed by atoms with Gasteiger partial charge in [-0.3, -0.25) is 4.79 Å². The second-order valence-electron chi connectivity index (χ2n) is 6.22. The molecule has 3 rings (SSSR count). The number of nitrogens with zero attached hydrogens (tertiary/aromatic N) is 1. The Hall–Kier alpha value is -2.60. The molecule has 24 heavy (non-hydrogen) atoms. The van der Waals surface area contributed by atoms with E-state index in [-0.39, 0.29) is 24.2 Å². The van der Waals surface area contributed by atoms with Crippen molar-refractivity contribution in [3.63, 3.8) is 0 Å². The average molecular weight is 321 g/mol. The van der Waals surface area contributed by atoms with Crippen molar-refractivity contribution in [1.29, 1.82) is 0 Å². The van der Waals surface area contributed by atoms with E-state index in [4.69, 9.17) is 6.42 Å². The number of amides is 1. The van der Waals surface area contributed by atoms with E-state index in [2.05, 4.69) is 18.1 Å². The van der Waals surface area contributed by atoms with Crippen LogP contribution in [-0.2, 0) is 17.8 Å². The molecule has 0 spiro atoms. The number of benzene rings is 2. The molecule has 0 radical (unpaired) electrons. The van der Waals surface area contributed by atoms with Gasteiger partial charge in [0.1, 0.15) is 5.82 Å². The third-order valence-electron chi connectivity index (χ3n) is 4.60. The van der Waals surface area contributed by atoms with Crippen LogP contribution < -0.4 is 0 Å². The number of aryl methyl sites for hydroxylation is 1. The molecule has 122 valence electrons. The lowest BCUT2D eigenvalue weighted by Gasteiger charge is -2.22. The summed E-state index contributed by atoms with van der Waals surface area (Å²) in [5, 5.41) is 0. The molecular formula is C21H20FNO. The van der Waals surface area contributed by atoms with Gasteiger partial charge in [0.25, 0.3) is 0 Å². The van der Waals surface area contributed by atoms with Crippen molar-refractivity contribution in [1.82, 2.24) is 4.90 Å². The van der Waals surface area contributed by atoms with E-state index in [1.54, 1.807) is 17.0 Å². The summed E-state index contributed by atoms with van der Waals surface area (Å²) in [6, 6.07) is 14.5. The molecule has 1 amide bonds. The van der Waals surface area contributed by atoms with Gasteiger partial charge in [-0.05, 0) is 47.6 Å². The van der Waals surface area contributed by atoms with Gasteiger partial charge in [0.2, 0.25) is 5.91 Å². The standard InChI is InChI=1S/C21H20FNO/c1-2-13-23(15-16-7-11-19(22)12-8-16)21(24)14-18-10-9-17-5-3-4-6-20(17)18/h1,3-8,11-12,18H,9-10,13-15H2. The van der Waals surface area contributed by atoms with Crippen LogP contribution in [0, 0.1) is 18.2 Å². The van der Waals surface area contributed by atoms with Crippen LogP contribution in [-0.4, -0.2) is 17.4 Å². The molecule has 3 heteroatoms. The molecule has 0 heterocycles. The normalized spacial score (nSPS) is 15.6. The lowest BCUT2D eigenvalue weighted by Crippen LogP contribution is -2.31. The fraction of sp³-hybridized carbons (Fsp3) is 0.286. The highest BCUT2D eigenvalue weighted by Gasteiger charge is 2.26. The van der Waals surface area contributed by atoms with Gasteiger partial charge >= 0.3 is 0 Å². The van der Waals surface area contributed by atoms with Crippen LogP contribution >= 0.6 is 0 Å². The first-order chi connectivity index (χ1) is 11.7. The first-order valence-electron chi connectivity index (χ1n) is 8.21. The summed E-state index contributed by atoms with van der Waals surface area (Å²) in [6.45, 7) is 0.683. The Morgan fingerprint density at radius 3 is 2.71 bits per heavy atom. The predicted octanol–water partition coefficient (Wildman–Crippen LogP) is 3.91. The molecule has 1 atom stereocenters. The van der Waals surface area contributed by atoms with Gasteiger partial charge in [0, 0.05) is 13.0 Å². The summed E-state index contributed by atoms with van der Waals surface area (Å²) in [6.07, 6.45) is 7.93. The summed E-state index contributed by atoms with van der Waals surface area (Å²) < 4.78 is 13.0. The van der Waals surface area contributed by atoms with Gasteiger partial charge in [0.05, 0.1) is 6.54 Å². The van der Waals surface area contributed by atoms with E-state index < -0.39 is 0 Å².